The second kappa shape index (κ2) is 7.56. The molecule has 3 heterocycles. The summed E-state index contributed by atoms with van der Waals surface area (Å²) in [6.45, 7) is 2.92. The number of aromatic amines is 1. The number of aromatic hydroxyl groups is 1. The third-order valence-electron chi connectivity index (χ3n) is 6.37. The third kappa shape index (κ3) is 3.40. The van der Waals surface area contributed by atoms with E-state index >= 15 is 0 Å². The lowest BCUT2D eigenvalue weighted by atomic mass is 10.00. The maximum absolute atomic E-state index is 13.0. The van der Waals surface area contributed by atoms with Crippen LogP contribution in [0.2, 0.25) is 0 Å². The van der Waals surface area contributed by atoms with Gasteiger partial charge in [-0.2, -0.15) is 0 Å². The molecule has 0 aliphatic carbocycles. The first kappa shape index (κ1) is 18.3. The molecule has 1 aromatic heterocycles. The number of para-hydroxylation sites is 1. The smallest absolute Gasteiger partial charge is 0.207 e. The molecule has 2 aliphatic rings. The Kier molecular flexibility index (Phi) is 4.76. The number of hydrogen-bond donors (Lipinski definition) is 3. The van der Waals surface area contributed by atoms with Crippen molar-refractivity contribution in [1.82, 2.24) is 4.98 Å². The van der Waals surface area contributed by atoms with Crippen LogP contribution in [-0.4, -0.2) is 35.1 Å². The Hall–Kier alpha value is -2.79. The SMILES string of the molecule is O=C1c2ccc(O)c(C[NH+]3CCCCCC3)c2OC1Cc1c[nH]c2ccccc12. The highest BCUT2D eigenvalue weighted by Crippen LogP contribution is 2.38. The lowest BCUT2D eigenvalue weighted by molar-refractivity contribution is -0.913. The number of aromatic nitrogens is 1. The number of nitrogens with one attached hydrogen (secondary N) is 2. The molecule has 2 aromatic carbocycles. The third-order valence-corrected chi connectivity index (χ3v) is 6.37. The van der Waals surface area contributed by atoms with Gasteiger partial charge in [-0.3, -0.25) is 4.79 Å². The first-order chi connectivity index (χ1) is 14.2. The van der Waals surface area contributed by atoms with E-state index in [1.165, 1.54) is 30.6 Å². The molecule has 0 amide bonds. The van der Waals surface area contributed by atoms with Crippen LogP contribution in [0.25, 0.3) is 10.9 Å². The van der Waals surface area contributed by atoms with Crippen LogP contribution in [0.15, 0.2) is 42.6 Å². The Morgan fingerprint density at radius 1 is 1.07 bits per heavy atom. The number of quaternary nitrogens is 1. The van der Waals surface area contributed by atoms with E-state index in [-0.39, 0.29) is 11.5 Å². The number of phenols is 1. The molecule has 5 rings (SSSR count). The van der Waals surface area contributed by atoms with Crippen molar-refractivity contribution in [2.24, 2.45) is 0 Å². The Balaban J connectivity index is 1.41. The van der Waals surface area contributed by atoms with Gasteiger partial charge < -0.3 is 19.7 Å². The molecule has 0 spiro atoms. The van der Waals surface area contributed by atoms with Crippen molar-refractivity contribution in [3.8, 4) is 11.5 Å². The monoisotopic (exact) mass is 391 g/mol. The highest BCUT2D eigenvalue weighted by molar-refractivity contribution is 6.05. The number of ketones is 1. The number of carbonyl (C=O) groups excluding carboxylic acids is 1. The van der Waals surface area contributed by atoms with Crippen LogP contribution in [-0.2, 0) is 13.0 Å². The van der Waals surface area contributed by atoms with Crippen molar-refractivity contribution < 1.29 is 19.5 Å². The Morgan fingerprint density at radius 2 is 1.86 bits per heavy atom. The van der Waals surface area contributed by atoms with E-state index in [0.29, 0.717) is 24.3 Å². The van der Waals surface area contributed by atoms with Crippen LogP contribution in [0, 0.1) is 0 Å². The molecule has 0 radical (unpaired) electrons. The molecule has 0 saturated carbocycles. The lowest BCUT2D eigenvalue weighted by Crippen LogP contribution is -3.10. The van der Waals surface area contributed by atoms with Gasteiger partial charge >= 0.3 is 0 Å². The number of H-pyrrole nitrogens is 1. The minimum Gasteiger partial charge on any atom is -0.507 e. The largest absolute Gasteiger partial charge is 0.507 e. The van der Waals surface area contributed by atoms with E-state index in [1.807, 2.05) is 24.4 Å². The summed E-state index contributed by atoms with van der Waals surface area (Å²) < 4.78 is 6.19. The van der Waals surface area contributed by atoms with Gasteiger partial charge in [0.15, 0.2) is 6.10 Å². The number of fused-ring (bicyclic) bond motifs is 2. The molecule has 1 atom stereocenters. The van der Waals surface area contributed by atoms with Crippen LogP contribution >= 0.6 is 0 Å². The number of benzene rings is 2. The highest BCUT2D eigenvalue weighted by atomic mass is 16.5. The average molecular weight is 391 g/mol. The summed E-state index contributed by atoms with van der Waals surface area (Å²) in [6.07, 6.45) is 6.94. The van der Waals surface area contributed by atoms with Gasteiger partial charge in [0.2, 0.25) is 5.78 Å². The summed E-state index contributed by atoms with van der Waals surface area (Å²) in [6, 6.07) is 11.5. The van der Waals surface area contributed by atoms with E-state index in [9.17, 15) is 9.90 Å². The molecular weight excluding hydrogens is 364 g/mol. The minimum atomic E-state index is -0.538. The maximum atomic E-state index is 13.0. The minimum absolute atomic E-state index is 0.0115. The van der Waals surface area contributed by atoms with Gasteiger partial charge in [-0.15, -0.1) is 0 Å². The molecule has 29 heavy (non-hydrogen) atoms. The maximum Gasteiger partial charge on any atom is 0.207 e. The number of likely N-dealkylation sites (tertiary alicyclic amines) is 1. The molecule has 5 nitrogen and oxygen atoms in total. The van der Waals surface area contributed by atoms with Gasteiger partial charge in [-0.25, -0.2) is 0 Å². The van der Waals surface area contributed by atoms with Gasteiger partial charge in [0.05, 0.1) is 24.2 Å². The van der Waals surface area contributed by atoms with Crippen molar-refractivity contribution in [1.29, 1.82) is 0 Å². The van der Waals surface area contributed by atoms with Crippen LogP contribution < -0.4 is 9.64 Å². The molecule has 3 aromatic rings. The molecule has 1 saturated heterocycles. The zero-order valence-corrected chi connectivity index (χ0v) is 16.5. The van der Waals surface area contributed by atoms with Gasteiger partial charge in [-0.05, 0) is 49.4 Å². The summed E-state index contributed by atoms with van der Waals surface area (Å²) in [7, 11) is 0. The van der Waals surface area contributed by atoms with Crippen LogP contribution in [0.1, 0.15) is 47.2 Å². The number of rotatable bonds is 4. The quantitative estimate of drug-likeness (QED) is 0.641. The summed E-state index contributed by atoms with van der Waals surface area (Å²) in [5.41, 5.74) is 3.54. The van der Waals surface area contributed by atoms with Crippen LogP contribution in [0.5, 0.6) is 11.5 Å². The summed E-state index contributed by atoms with van der Waals surface area (Å²) in [5.74, 6) is 0.843. The van der Waals surface area contributed by atoms with Gasteiger partial charge in [0.25, 0.3) is 0 Å². The number of hydrogen-bond acceptors (Lipinski definition) is 3. The van der Waals surface area contributed by atoms with Gasteiger partial charge in [0.1, 0.15) is 18.0 Å². The summed E-state index contributed by atoms with van der Waals surface area (Å²) in [5, 5.41) is 11.7. The first-order valence-electron chi connectivity index (χ1n) is 10.6. The van der Waals surface area contributed by atoms with Crippen molar-refractivity contribution in [2.45, 2.75) is 44.8 Å². The van der Waals surface area contributed by atoms with Crippen molar-refractivity contribution in [3.05, 3.63) is 59.3 Å². The van der Waals surface area contributed by atoms with Crippen LogP contribution in [0.3, 0.4) is 0 Å². The normalized spacial score (nSPS) is 19.9. The summed E-state index contributed by atoms with van der Waals surface area (Å²) in [4.78, 5) is 17.8. The second-order valence-electron chi connectivity index (χ2n) is 8.32. The highest BCUT2D eigenvalue weighted by Gasteiger charge is 2.36. The van der Waals surface area contributed by atoms with Gasteiger partial charge in [0, 0.05) is 23.5 Å². The molecule has 3 N–H and O–H groups in total. The molecular formula is C24H27N2O3+. The standard InChI is InChI=1S/C24H26N2O3/c27-21-10-9-18-23(28)22(13-16-14-25-20-8-4-3-7-17(16)20)29-24(18)19(21)15-26-11-5-1-2-6-12-26/h3-4,7-10,14,22,25,27H,1-2,5-6,11-13,15H2/p+1. The van der Waals surface area contributed by atoms with Crippen molar-refractivity contribution in [3.63, 3.8) is 0 Å². The predicted molar refractivity (Wildman–Crippen MR) is 112 cm³/mol. The number of carbonyl (C=O) groups is 1. The van der Waals surface area contributed by atoms with E-state index in [2.05, 4.69) is 11.1 Å². The van der Waals surface area contributed by atoms with E-state index < -0.39 is 6.10 Å². The Morgan fingerprint density at radius 3 is 2.69 bits per heavy atom. The molecule has 0 bridgehead atoms. The zero-order chi connectivity index (χ0) is 19.8. The van der Waals surface area contributed by atoms with E-state index in [1.54, 1.807) is 12.1 Å². The molecule has 1 unspecified atom stereocenters. The average Bonchev–Trinajstić information content (AvgIpc) is 3.15. The Bertz CT molecular complexity index is 1050. The molecule has 1 fully saturated rings. The zero-order valence-electron chi connectivity index (χ0n) is 16.5. The fraction of sp³-hybridized carbons (Fsp3) is 0.375. The van der Waals surface area contributed by atoms with Gasteiger partial charge in [-0.1, -0.05) is 18.2 Å². The summed E-state index contributed by atoms with van der Waals surface area (Å²) >= 11 is 0. The molecule has 2 aliphatic heterocycles. The second-order valence-corrected chi connectivity index (χ2v) is 8.32. The fourth-order valence-corrected chi connectivity index (χ4v) is 4.78. The van der Waals surface area contributed by atoms with E-state index in [4.69, 9.17) is 4.74 Å². The van der Waals surface area contributed by atoms with E-state index in [0.717, 1.165) is 35.1 Å². The number of ether oxygens (including phenoxy) is 1. The topological polar surface area (TPSA) is 66.8 Å². The number of phenolic OH excluding ortho intramolecular Hbond substituents is 1. The van der Waals surface area contributed by atoms with Crippen molar-refractivity contribution >= 4 is 16.7 Å². The number of Topliss-reactive ketones (excluding diaryl/α,β-unsaturated/α-hetero) is 1. The Labute approximate surface area is 170 Å². The molecule has 150 valence electrons. The lowest BCUT2D eigenvalue weighted by Gasteiger charge is -2.19. The van der Waals surface area contributed by atoms with Crippen molar-refractivity contribution in [2.75, 3.05) is 13.1 Å². The van der Waals surface area contributed by atoms with Crippen LogP contribution in [0.4, 0.5) is 0 Å². The molecule has 5 heteroatoms. The predicted octanol–water partition coefficient (Wildman–Crippen LogP) is 3.02. The fourth-order valence-electron chi connectivity index (χ4n) is 4.78. The first-order valence-corrected chi connectivity index (χ1v) is 10.6.